The number of nitrogens with one attached hydrogen (secondary N) is 1. The molecule has 1 N–H and O–H groups in total. The minimum Gasteiger partial charge on any atom is -0.343 e. The molecule has 1 aromatic rings. The molecule has 2 rings (SSSR count). The van der Waals surface area contributed by atoms with Crippen LogP contribution in [0.3, 0.4) is 0 Å². The maximum absolute atomic E-state index is 4.78. The molecule has 86 valence electrons. The molecule has 4 heteroatoms. The summed E-state index contributed by atoms with van der Waals surface area (Å²) in [4.78, 5) is 11.6. The highest BCUT2D eigenvalue weighted by Gasteiger charge is 2.19. The average Bonchev–Trinajstić information content (AvgIpc) is 2.71. The summed E-state index contributed by atoms with van der Waals surface area (Å²) < 4.78 is -0.0536. The van der Waals surface area contributed by atoms with Crippen LogP contribution in [0.4, 0.5) is 0 Å². The van der Waals surface area contributed by atoms with E-state index in [1.165, 1.54) is 0 Å². The van der Waals surface area contributed by atoms with E-state index in [0.29, 0.717) is 0 Å². The molecule has 0 saturated carbocycles. The van der Waals surface area contributed by atoms with Crippen molar-refractivity contribution in [1.29, 1.82) is 0 Å². The number of aromatic amines is 1. The molecule has 0 radical (unpaired) electrons. The minimum absolute atomic E-state index is 0.0536. The second-order valence-corrected chi connectivity index (χ2v) is 5.04. The summed E-state index contributed by atoms with van der Waals surface area (Å²) in [5, 5.41) is 0.975. The lowest BCUT2D eigenvalue weighted by Gasteiger charge is -2.22. The predicted octanol–water partition coefficient (Wildman–Crippen LogP) is 1.59. The normalized spacial score (nSPS) is 31.6. The van der Waals surface area contributed by atoms with Crippen LogP contribution < -0.4 is 10.8 Å². The summed E-state index contributed by atoms with van der Waals surface area (Å²) >= 11 is 4.78. The van der Waals surface area contributed by atoms with Gasteiger partial charge in [-0.3, -0.25) is 0 Å². The zero-order valence-electron chi connectivity index (χ0n) is 9.48. The molecule has 0 aliphatic carbocycles. The molecule has 3 nitrogen and oxygen atoms in total. The summed E-state index contributed by atoms with van der Waals surface area (Å²) in [5.41, 5.74) is 0.755. The average molecular weight is 235 g/mol. The van der Waals surface area contributed by atoms with Crippen LogP contribution in [0.1, 0.15) is 32.6 Å². The first-order valence-electron chi connectivity index (χ1n) is 5.71. The molecule has 0 amide bonds. The molecule has 1 aliphatic rings. The number of imidazole rings is 1. The zero-order valence-corrected chi connectivity index (χ0v) is 10.4. The Morgan fingerprint density at radius 2 is 2.44 bits per heavy atom. The largest absolute Gasteiger partial charge is 0.343 e. The van der Waals surface area contributed by atoms with Crippen LogP contribution in [-0.4, -0.2) is 14.7 Å². The number of rotatable bonds is 1. The van der Waals surface area contributed by atoms with Crippen molar-refractivity contribution in [2.24, 2.45) is 4.99 Å². The Morgan fingerprint density at radius 1 is 1.56 bits per heavy atom. The van der Waals surface area contributed by atoms with Crippen LogP contribution in [0.15, 0.2) is 23.6 Å². The molecule has 16 heavy (non-hydrogen) atoms. The molecule has 1 aromatic heterocycles. The van der Waals surface area contributed by atoms with Crippen LogP contribution in [0.2, 0.25) is 0 Å². The number of nitrogens with zero attached hydrogens (tertiary/aromatic N) is 2. The molecule has 1 atom stereocenters. The second-order valence-electron chi connectivity index (χ2n) is 4.15. The van der Waals surface area contributed by atoms with Gasteiger partial charge in [0.2, 0.25) is 0 Å². The van der Waals surface area contributed by atoms with Crippen LogP contribution in [0.25, 0.3) is 6.08 Å². The summed E-state index contributed by atoms with van der Waals surface area (Å²) in [6.07, 6.45) is 12.1. The fourth-order valence-corrected chi connectivity index (χ4v) is 2.14. The SMILES string of the molecule is CCC1(S)/C=c2/[nH]cn/c2=N\C=C\CCC1. The number of fused-ring (bicyclic) bond motifs is 1. The van der Waals surface area contributed by atoms with Gasteiger partial charge in [0.25, 0.3) is 0 Å². The number of aromatic nitrogens is 2. The highest BCUT2D eigenvalue weighted by Crippen LogP contribution is 2.27. The second kappa shape index (κ2) is 4.87. The van der Waals surface area contributed by atoms with E-state index >= 15 is 0 Å². The quantitative estimate of drug-likeness (QED) is 0.713. The Hall–Kier alpha value is -1.03. The third-order valence-corrected chi connectivity index (χ3v) is 3.62. The molecular formula is C12H17N3S. The van der Waals surface area contributed by atoms with Gasteiger partial charge < -0.3 is 4.98 Å². The predicted molar refractivity (Wildman–Crippen MR) is 68.8 cm³/mol. The lowest BCUT2D eigenvalue weighted by molar-refractivity contribution is 0.618. The van der Waals surface area contributed by atoms with Gasteiger partial charge in [-0.25, -0.2) is 9.98 Å². The number of thiol groups is 1. The van der Waals surface area contributed by atoms with E-state index in [0.717, 1.165) is 36.5 Å². The fourth-order valence-electron chi connectivity index (χ4n) is 1.85. The molecule has 0 saturated heterocycles. The van der Waals surface area contributed by atoms with Crippen molar-refractivity contribution in [1.82, 2.24) is 9.97 Å². The van der Waals surface area contributed by atoms with E-state index in [4.69, 9.17) is 12.6 Å². The highest BCUT2D eigenvalue weighted by atomic mass is 32.1. The molecule has 1 unspecified atom stereocenters. The summed E-state index contributed by atoms with van der Waals surface area (Å²) in [7, 11) is 0. The lowest BCUT2D eigenvalue weighted by Crippen LogP contribution is -2.30. The molecule has 0 aromatic carbocycles. The van der Waals surface area contributed by atoms with E-state index in [2.05, 4.69) is 34.0 Å². The Balaban J connectivity index is 2.54. The van der Waals surface area contributed by atoms with E-state index < -0.39 is 0 Å². The van der Waals surface area contributed by atoms with Crippen molar-refractivity contribution in [3.8, 4) is 0 Å². The molecule has 0 bridgehead atoms. The third-order valence-electron chi connectivity index (χ3n) is 2.96. The van der Waals surface area contributed by atoms with Gasteiger partial charge in [0.1, 0.15) is 0 Å². The van der Waals surface area contributed by atoms with Crippen molar-refractivity contribution < 1.29 is 0 Å². The molecule has 0 fully saturated rings. The number of hydrogen-bond donors (Lipinski definition) is 2. The minimum atomic E-state index is -0.0536. The third kappa shape index (κ3) is 2.55. The highest BCUT2D eigenvalue weighted by molar-refractivity contribution is 7.82. The summed E-state index contributed by atoms with van der Waals surface area (Å²) in [6, 6.07) is 0. The van der Waals surface area contributed by atoms with E-state index in [9.17, 15) is 0 Å². The smallest absolute Gasteiger partial charge is 0.177 e. The van der Waals surface area contributed by atoms with Gasteiger partial charge in [-0.05, 0) is 31.8 Å². The first kappa shape index (κ1) is 11.5. The van der Waals surface area contributed by atoms with E-state index in [1.54, 1.807) is 6.33 Å². The first-order chi connectivity index (χ1) is 7.73. The Kier molecular flexibility index (Phi) is 3.49. The molecule has 2 heterocycles. The Bertz CT molecular complexity index is 489. The summed E-state index contributed by atoms with van der Waals surface area (Å²) in [6.45, 7) is 2.16. The number of allylic oxidation sites excluding steroid dienone is 1. The lowest BCUT2D eigenvalue weighted by atomic mass is 9.97. The van der Waals surface area contributed by atoms with Crippen molar-refractivity contribution in [3.63, 3.8) is 0 Å². The van der Waals surface area contributed by atoms with Crippen LogP contribution in [0.5, 0.6) is 0 Å². The fraction of sp³-hybridized carbons (Fsp3) is 0.500. The van der Waals surface area contributed by atoms with Crippen molar-refractivity contribution in [2.75, 3.05) is 0 Å². The topological polar surface area (TPSA) is 41.0 Å². The standard InChI is InChI=1S/C12H17N3S/c1-2-12(16)6-4-3-5-7-13-11-10(8-12)14-9-15-11/h5,7-9,16H,2-4,6H2,1H3,(H,13,14,15)/b7-5+,10-8+. The Labute approximate surface area is 101 Å². The van der Waals surface area contributed by atoms with Crippen molar-refractivity contribution in [3.05, 3.63) is 29.4 Å². The van der Waals surface area contributed by atoms with Gasteiger partial charge in [0.05, 0.1) is 11.7 Å². The van der Waals surface area contributed by atoms with Gasteiger partial charge >= 0.3 is 0 Å². The maximum atomic E-state index is 4.78. The maximum Gasteiger partial charge on any atom is 0.177 e. The van der Waals surface area contributed by atoms with Gasteiger partial charge in [-0.2, -0.15) is 12.6 Å². The van der Waals surface area contributed by atoms with Gasteiger partial charge in [0, 0.05) is 10.9 Å². The monoisotopic (exact) mass is 235 g/mol. The number of H-pyrrole nitrogens is 1. The van der Waals surface area contributed by atoms with Gasteiger partial charge in [-0.1, -0.05) is 13.0 Å². The van der Waals surface area contributed by atoms with E-state index in [1.807, 2.05) is 6.20 Å². The van der Waals surface area contributed by atoms with Crippen LogP contribution >= 0.6 is 12.6 Å². The van der Waals surface area contributed by atoms with E-state index in [-0.39, 0.29) is 4.75 Å². The van der Waals surface area contributed by atoms with Crippen LogP contribution in [0, 0.1) is 0 Å². The summed E-state index contributed by atoms with van der Waals surface area (Å²) in [5.74, 6) is 0. The number of hydrogen-bond acceptors (Lipinski definition) is 3. The van der Waals surface area contributed by atoms with Crippen LogP contribution in [-0.2, 0) is 0 Å². The van der Waals surface area contributed by atoms with Gasteiger partial charge in [0.15, 0.2) is 5.49 Å². The molecule has 1 aliphatic heterocycles. The molecular weight excluding hydrogens is 218 g/mol. The van der Waals surface area contributed by atoms with Crippen molar-refractivity contribution in [2.45, 2.75) is 37.4 Å². The van der Waals surface area contributed by atoms with Crippen molar-refractivity contribution >= 4 is 18.7 Å². The van der Waals surface area contributed by atoms with Gasteiger partial charge in [-0.15, -0.1) is 0 Å². The Morgan fingerprint density at radius 3 is 3.25 bits per heavy atom. The molecule has 0 spiro atoms. The first-order valence-corrected chi connectivity index (χ1v) is 6.16. The zero-order chi connectivity index (χ0) is 11.4.